The molecular formula is C20H26FNO2. The van der Waals surface area contributed by atoms with Gasteiger partial charge in [0.15, 0.2) is 11.5 Å². The fourth-order valence-electron chi connectivity index (χ4n) is 2.33. The van der Waals surface area contributed by atoms with Crippen LogP contribution in [-0.2, 0) is 13.2 Å². The highest BCUT2D eigenvalue weighted by atomic mass is 19.1. The van der Waals surface area contributed by atoms with E-state index in [0.717, 1.165) is 12.0 Å². The molecule has 130 valence electrons. The van der Waals surface area contributed by atoms with Gasteiger partial charge in [0.25, 0.3) is 0 Å². The van der Waals surface area contributed by atoms with Crippen LogP contribution in [0.25, 0.3) is 0 Å². The van der Waals surface area contributed by atoms with Gasteiger partial charge in [-0.1, -0.05) is 37.3 Å². The third-order valence-electron chi connectivity index (χ3n) is 3.94. The van der Waals surface area contributed by atoms with Crippen molar-refractivity contribution in [2.24, 2.45) is 0 Å². The zero-order chi connectivity index (χ0) is 17.4. The van der Waals surface area contributed by atoms with E-state index in [1.165, 1.54) is 6.07 Å². The van der Waals surface area contributed by atoms with Crippen molar-refractivity contribution in [3.63, 3.8) is 0 Å². The van der Waals surface area contributed by atoms with E-state index in [0.29, 0.717) is 36.3 Å². The second-order valence-corrected chi connectivity index (χ2v) is 5.75. The zero-order valence-electron chi connectivity index (χ0n) is 14.6. The van der Waals surface area contributed by atoms with Crippen LogP contribution in [0.4, 0.5) is 4.39 Å². The van der Waals surface area contributed by atoms with Gasteiger partial charge in [0.1, 0.15) is 12.4 Å². The van der Waals surface area contributed by atoms with Crippen LogP contribution in [0.15, 0.2) is 42.5 Å². The highest BCUT2D eigenvalue weighted by Gasteiger charge is 2.13. The number of benzene rings is 2. The minimum atomic E-state index is -0.259. The molecule has 0 fully saturated rings. The van der Waals surface area contributed by atoms with Gasteiger partial charge in [-0.15, -0.1) is 0 Å². The summed E-state index contributed by atoms with van der Waals surface area (Å²) in [7, 11) is 0. The lowest BCUT2D eigenvalue weighted by Gasteiger charge is -2.18. The second kappa shape index (κ2) is 9.28. The molecule has 2 aromatic carbocycles. The van der Waals surface area contributed by atoms with Gasteiger partial charge in [-0.05, 0) is 32.4 Å². The maximum Gasteiger partial charge on any atom is 0.166 e. The maximum atomic E-state index is 13.8. The van der Waals surface area contributed by atoms with Crippen molar-refractivity contribution in [2.75, 3.05) is 6.61 Å². The minimum Gasteiger partial charge on any atom is -0.490 e. The first-order valence-corrected chi connectivity index (χ1v) is 8.50. The highest BCUT2D eigenvalue weighted by Crippen LogP contribution is 2.32. The molecule has 1 atom stereocenters. The van der Waals surface area contributed by atoms with Gasteiger partial charge in [-0.2, -0.15) is 0 Å². The number of hydrogen-bond acceptors (Lipinski definition) is 3. The van der Waals surface area contributed by atoms with Gasteiger partial charge in [0.2, 0.25) is 0 Å². The fraction of sp³-hybridized carbons (Fsp3) is 0.400. The number of hydrogen-bond donors (Lipinski definition) is 1. The van der Waals surface area contributed by atoms with E-state index in [9.17, 15) is 4.39 Å². The molecule has 0 aliphatic rings. The maximum absolute atomic E-state index is 13.8. The van der Waals surface area contributed by atoms with E-state index >= 15 is 0 Å². The van der Waals surface area contributed by atoms with Crippen molar-refractivity contribution >= 4 is 0 Å². The van der Waals surface area contributed by atoms with Gasteiger partial charge in [-0.25, -0.2) is 4.39 Å². The standard InChI is InChI=1S/C20H26FNO2/c1-4-15(3)22-13-16-10-8-12-19(23-5-2)20(16)24-14-17-9-6-7-11-18(17)21/h6-12,15,22H,4-5,13-14H2,1-3H3. The summed E-state index contributed by atoms with van der Waals surface area (Å²) in [4.78, 5) is 0. The van der Waals surface area contributed by atoms with E-state index in [2.05, 4.69) is 19.2 Å². The summed E-state index contributed by atoms with van der Waals surface area (Å²) in [5, 5.41) is 3.46. The van der Waals surface area contributed by atoms with Gasteiger partial charge in [-0.3, -0.25) is 0 Å². The first kappa shape index (κ1) is 18.3. The lowest BCUT2D eigenvalue weighted by Crippen LogP contribution is -2.24. The molecule has 2 rings (SSSR count). The van der Waals surface area contributed by atoms with E-state index in [1.54, 1.807) is 12.1 Å². The Morgan fingerprint density at radius 3 is 2.46 bits per heavy atom. The first-order chi connectivity index (χ1) is 11.7. The summed E-state index contributed by atoms with van der Waals surface area (Å²) in [6.45, 7) is 7.63. The Morgan fingerprint density at radius 1 is 1.00 bits per heavy atom. The summed E-state index contributed by atoms with van der Waals surface area (Å²) in [6, 6.07) is 12.9. The molecule has 1 unspecified atom stereocenters. The third kappa shape index (κ3) is 4.96. The molecule has 0 spiro atoms. The molecule has 0 saturated heterocycles. The van der Waals surface area contributed by atoms with Crippen LogP contribution >= 0.6 is 0 Å². The van der Waals surface area contributed by atoms with Crippen LogP contribution in [0.3, 0.4) is 0 Å². The van der Waals surface area contributed by atoms with Crippen LogP contribution < -0.4 is 14.8 Å². The van der Waals surface area contributed by atoms with E-state index < -0.39 is 0 Å². The topological polar surface area (TPSA) is 30.5 Å². The van der Waals surface area contributed by atoms with Crippen molar-refractivity contribution in [3.05, 3.63) is 59.4 Å². The molecule has 1 N–H and O–H groups in total. The molecule has 2 aromatic rings. The molecule has 0 radical (unpaired) electrons. The normalized spacial score (nSPS) is 12.0. The summed E-state index contributed by atoms with van der Waals surface area (Å²) in [6.07, 6.45) is 1.05. The number of ether oxygens (including phenoxy) is 2. The lowest BCUT2D eigenvalue weighted by atomic mass is 10.1. The summed E-state index contributed by atoms with van der Waals surface area (Å²) < 4.78 is 25.4. The third-order valence-corrected chi connectivity index (χ3v) is 3.94. The molecule has 0 heterocycles. The molecule has 0 bridgehead atoms. The van der Waals surface area contributed by atoms with Crippen LogP contribution in [0, 0.1) is 5.82 Å². The number of halogens is 1. The smallest absolute Gasteiger partial charge is 0.166 e. The Labute approximate surface area is 143 Å². The van der Waals surface area contributed by atoms with Crippen LogP contribution in [-0.4, -0.2) is 12.6 Å². The molecule has 0 amide bonds. The Balaban J connectivity index is 2.19. The number of nitrogens with one attached hydrogen (secondary N) is 1. The zero-order valence-corrected chi connectivity index (χ0v) is 14.6. The van der Waals surface area contributed by atoms with Crippen molar-refractivity contribution in [1.29, 1.82) is 0 Å². The second-order valence-electron chi connectivity index (χ2n) is 5.75. The van der Waals surface area contributed by atoms with Gasteiger partial charge in [0, 0.05) is 23.7 Å². The Bertz CT molecular complexity index is 645. The fourth-order valence-corrected chi connectivity index (χ4v) is 2.33. The quantitative estimate of drug-likeness (QED) is 0.723. The van der Waals surface area contributed by atoms with Crippen LogP contribution in [0.1, 0.15) is 38.3 Å². The molecule has 0 saturated carbocycles. The van der Waals surface area contributed by atoms with Crippen molar-refractivity contribution < 1.29 is 13.9 Å². The van der Waals surface area contributed by atoms with Gasteiger partial charge >= 0.3 is 0 Å². The minimum absolute atomic E-state index is 0.174. The van der Waals surface area contributed by atoms with Crippen molar-refractivity contribution in [3.8, 4) is 11.5 Å². The van der Waals surface area contributed by atoms with E-state index in [1.807, 2.05) is 31.2 Å². The van der Waals surface area contributed by atoms with E-state index in [-0.39, 0.29) is 12.4 Å². The molecule has 4 heteroatoms. The predicted molar refractivity (Wildman–Crippen MR) is 94.9 cm³/mol. The van der Waals surface area contributed by atoms with Crippen LogP contribution in [0.5, 0.6) is 11.5 Å². The Hall–Kier alpha value is -2.07. The van der Waals surface area contributed by atoms with Crippen molar-refractivity contribution in [2.45, 2.75) is 46.4 Å². The Morgan fingerprint density at radius 2 is 1.75 bits per heavy atom. The summed E-state index contributed by atoms with van der Waals surface area (Å²) in [5.74, 6) is 1.11. The molecule has 0 aliphatic carbocycles. The van der Waals surface area contributed by atoms with Crippen molar-refractivity contribution in [1.82, 2.24) is 5.32 Å². The predicted octanol–water partition coefficient (Wildman–Crippen LogP) is 4.69. The lowest BCUT2D eigenvalue weighted by molar-refractivity contribution is 0.262. The monoisotopic (exact) mass is 331 g/mol. The van der Waals surface area contributed by atoms with Gasteiger partial charge in [0.05, 0.1) is 6.61 Å². The Kier molecular flexibility index (Phi) is 7.07. The molecule has 3 nitrogen and oxygen atoms in total. The number of rotatable bonds is 9. The average Bonchev–Trinajstić information content (AvgIpc) is 2.60. The number of para-hydroxylation sites is 1. The largest absolute Gasteiger partial charge is 0.490 e. The molecule has 0 aromatic heterocycles. The molecule has 0 aliphatic heterocycles. The molecular weight excluding hydrogens is 305 g/mol. The van der Waals surface area contributed by atoms with E-state index in [4.69, 9.17) is 9.47 Å². The SMILES string of the molecule is CCOc1cccc(CNC(C)CC)c1OCc1ccccc1F. The highest BCUT2D eigenvalue weighted by molar-refractivity contribution is 5.46. The first-order valence-electron chi connectivity index (χ1n) is 8.50. The summed E-state index contributed by atoms with van der Waals surface area (Å²) >= 11 is 0. The summed E-state index contributed by atoms with van der Waals surface area (Å²) in [5.41, 5.74) is 1.54. The average molecular weight is 331 g/mol. The van der Waals surface area contributed by atoms with Crippen LogP contribution in [0.2, 0.25) is 0 Å². The molecule has 24 heavy (non-hydrogen) atoms. The van der Waals surface area contributed by atoms with Gasteiger partial charge < -0.3 is 14.8 Å².